The van der Waals surface area contributed by atoms with Crippen molar-refractivity contribution in [2.45, 2.75) is 90.0 Å². The molecule has 0 aromatic heterocycles. The van der Waals surface area contributed by atoms with Crippen LogP contribution in [0.1, 0.15) is 53.2 Å². The lowest BCUT2D eigenvalue weighted by atomic mass is 10.1. The Bertz CT molecular complexity index is 616. The van der Waals surface area contributed by atoms with Crippen molar-refractivity contribution in [3.05, 3.63) is 35.9 Å². The molecule has 2 unspecified atom stereocenters. The molecule has 0 saturated carbocycles. The summed E-state index contributed by atoms with van der Waals surface area (Å²) in [5, 5.41) is 0.205. The fourth-order valence-corrected chi connectivity index (χ4v) is 4.55. The first-order valence-electron chi connectivity index (χ1n) is 9.49. The van der Waals surface area contributed by atoms with Gasteiger partial charge < -0.3 is 8.85 Å². The summed E-state index contributed by atoms with van der Waals surface area (Å²) in [6.45, 7) is 22.5. The molecule has 0 radical (unpaired) electrons. The molecule has 0 fully saturated rings. The number of benzene rings is 1. The van der Waals surface area contributed by atoms with Gasteiger partial charge in [0.25, 0.3) is 0 Å². The molecule has 0 N–H and O–H groups in total. The fraction of sp³-hybridized carbons (Fsp3) is 0.636. The second-order valence-corrected chi connectivity index (χ2v) is 19.7. The van der Waals surface area contributed by atoms with Gasteiger partial charge in [-0.05, 0) is 41.8 Å². The van der Waals surface area contributed by atoms with Crippen molar-refractivity contribution in [3.63, 3.8) is 0 Å². The van der Waals surface area contributed by atoms with E-state index in [1.165, 1.54) is 0 Å². The Morgan fingerprint density at radius 1 is 0.808 bits per heavy atom. The van der Waals surface area contributed by atoms with Gasteiger partial charge in [0.1, 0.15) is 12.2 Å². The lowest BCUT2D eigenvalue weighted by Gasteiger charge is -2.44. The highest BCUT2D eigenvalue weighted by Crippen LogP contribution is 2.43. The molecule has 1 aromatic carbocycles. The monoisotopic (exact) mass is 390 g/mol. The van der Waals surface area contributed by atoms with Crippen molar-refractivity contribution in [2.75, 3.05) is 0 Å². The van der Waals surface area contributed by atoms with Crippen LogP contribution in [0.25, 0.3) is 0 Å². The van der Waals surface area contributed by atoms with Crippen LogP contribution in [0.4, 0.5) is 0 Å². The third kappa shape index (κ3) is 5.56. The Morgan fingerprint density at radius 2 is 1.23 bits per heavy atom. The third-order valence-corrected chi connectivity index (χ3v) is 14.9. The van der Waals surface area contributed by atoms with E-state index >= 15 is 0 Å². The molecule has 0 bridgehead atoms. The van der Waals surface area contributed by atoms with Crippen molar-refractivity contribution >= 4 is 16.6 Å². The van der Waals surface area contributed by atoms with Gasteiger partial charge in [-0.15, -0.1) is 6.42 Å². The van der Waals surface area contributed by atoms with Gasteiger partial charge in [-0.1, -0.05) is 77.8 Å². The van der Waals surface area contributed by atoms with Gasteiger partial charge in [-0.2, -0.15) is 0 Å². The normalized spacial score (nSPS) is 16.0. The van der Waals surface area contributed by atoms with Crippen LogP contribution in [0.3, 0.4) is 0 Å². The molecule has 1 rings (SSSR count). The third-order valence-electron chi connectivity index (χ3n) is 6.02. The standard InChI is InChI=1S/C22H38O2Si2/c1-12-19(23-25(8,9)21(2,3)4)20(18-16-14-13-15-17-18)24-26(10,11)22(5,6)7/h1,13-17,19-20H,2-11H3. The molecular weight excluding hydrogens is 352 g/mol. The van der Waals surface area contributed by atoms with Crippen molar-refractivity contribution in [1.82, 2.24) is 0 Å². The summed E-state index contributed by atoms with van der Waals surface area (Å²) in [4.78, 5) is 0. The van der Waals surface area contributed by atoms with Gasteiger partial charge >= 0.3 is 0 Å². The van der Waals surface area contributed by atoms with Crippen LogP contribution in [0.5, 0.6) is 0 Å². The molecule has 0 amide bonds. The van der Waals surface area contributed by atoms with Crippen LogP contribution in [-0.4, -0.2) is 22.7 Å². The molecule has 0 aliphatic rings. The maximum absolute atomic E-state index is 6.79. The maximum atomic E-state index is 6.79. The Labute approximate surface area is 164 Å². The molecule has 146 valence electrons. The van der Waals surface area contributed by atoms with E-state index in [0.717, 1.165) is 5.56 Å². The van der Waals surface area contributed by atoms with Gasteiger partial charge in [0.15, 0.2) is 16.6 Å². The van der Waals surface area contributed by atoms with E-state index < -0.39 is 16.6 Å². The van der Waals surface area contributed by atoms with Crippen LogP contribution >= 0.6 is 0 Å². The molecule has 0 spiro atoms. The summed E-state index contributed by atoms with van der Waals surface area (Å²) >= 11 is 0. The predicted molar refractivity (Wildman–Crippen MR) is 118 cm³/mol. The summed E-state index contributed by atoms with van der Waals surface area (Å²) in [7, 11) is -4.02. The van der Waals surface area contributed by atoms with Crippen molar-refractivity contribution in [2.24, 2.45) is 0 Å². The number of hydrogen-bond acceptors (Lipinski definition) is 2. The second-order valence-electron chi connectivity index (χ2n) is 10.2. The molecule has 0 heterocycles. The van der Waals surface area contributed by atoms with E-state index in [1.807, 2.05) is 18.2 Å². The van der Waals surface area contributed by atoms with E-state index in [-0.39, 0.29) is 22.3 Å². The van der Waals surface area contributed by atoms with E-state index in [9.17, 15) is 0 Å². The summed E-state index contributed by atoms with van der Waals surface area (Å²) in [5.74, 6) is 2.91. The first-order valence-corrected chi connectivity index (χ1v) is 15.3. The number of hydrogen-bond donors (Lipinski definition) is 0. The minimum absolute atomic E-state index is 0.0975. The molecule has 0 aliphatic carbocycles. The van der Waals surface area contributed by atoms with Gasteiger partial charge in [0, 0.05) is 0 Å². The number of terminal acetylenes is 1. The maximum Gasteiger partial charge on any atom is 0.193 e. The van der Waals surface area contributed by atoms with E-state index in [1.54, 1.807) is 0 Å². The van der Waals surface area contributed by atoms with E-state index in [4.69, 9.17) is 15.3 Å². The highest BCUT2D eigenvalue weighted by molar-refractivity contribution is 6.74. The highest BCUT2D eigenvalue weighted by Gasteiger charge is 2.44. The van der Waals surface area contributed by atoms with Crippen LogP contribution in [-0.2, 0) is 8.85 Å². The molecule has 26 heavy (non-hydrogen) atoms. The summed E-state index contributed by atoms with van der Waals surface area (Å²) in [5.41, 5.74) is 1.10. The SMILES string of the molecule is C#CC(O[Si](C)(C)C(C)(C)C)C(O[Si](C)(C)C(C)(C)C)c1ccccc1. The zero-order valence-corrected chi connectivity index (χ0v) is 20.4. The quantitative estimate of drug-likeness (QED) is 0.394. The van der Waals surface area contributed by atoms with E-state index in [0.29, 0.717) is 0 Å². The minimum atomic E-state index is -2.01. The van der Waals surface area contributed by atoms with Crippen LogP contribution in [0.2, 0.25) is 36.3 Å². The van der Waals surface area contributed by atoms with Crippen molar-refractivity contribution < 1.29 is 8.85 Å². The highest BCUT2D eigenvalue weighted by atomic mass is 28.4. The first kappa shape index (κ1) is 23.2. The summed E-state index contributed by atoms with van der Waals surface area (Å²) in [6, 6.07) is 10.3. The molecule has 2 nitrogen and oxygen atoms in total. The molecule has 4 heteroatoms. The first-order chi connectivity index (χ1) is 11.6. The van der Waals surface area contributed by atoms with Crippen LogP contribution < -0.4 is 0 Å². The second kappa shape index (κ2) is 8.02. The Hall–Kier alpha value is -0.866. The van der Waals surface area contributed by atoms with Crippen LogP contribution in [0, 0.1) is 12.3 Å². The van der Waals surface area contributed by atoms with Crippen LogP contribution in [0.15, 0.2) is 30.3 Å². The van der Waals surface area contributed by atoms with Crippen molar-refractivity contribution in [3.8, 4) is 12.3 Å². The van der Waals surface area contributed by atoms with Gasteiger partial charge in [-0.3, -0.25) is 0 Å². The lowest BCUT2D eigenvalue weighted by molar-refractivity contribution is 0.0685. The largest absolute Gasteiger partial charge is 0.406 e. The molecular formula is C22H38O2Si2. The van der Waals surface area contributed by atoms with Gasteiger partial charge in [-0.25, -0.2) is 0 Å². The summed E-state index contributed by atoms with van der Waals surface area (Å²) < 4.78 is 13.4. The Balaban J connectivity index is 3.29. The average molecular weight is 391 g/mol. The van der Waals surface area contributed by atoms with E-state index in [2.05, 4.69) is 85.8 Å². The minimum Gasteiger partial charge on any atom is -0.406 e. The zero-order valence-electron chi connectivity index (χ0n) is 18.4. The smallest absolute Gasteiger partial charge is 0.193 e. The van der Waals surface area contributed by atoms with Gasteiger partial charge in [0.05, 0.1) is 0 Å². The number of rotatable bonds is 6. The molecule has 0 saturated heterocycles. The zero-order chi connectivity index (χ0) is 20.4. The Morgan fingerprint density at radius 3 is 1.62 bits per heavy atom. The fourth-order valence-electron chi connectivity index (χ4n) is 2.12. The topological polar surface area (TPSA) is 18.5 Å². The summed E-state index contributed by atoms with van der Waals surface area (Å²) in [6.07, 6.45) is 5.35. The molecule has 0 aliphatic heterocycles. The average Bonchev–Trinajstić information content (AvgIpc) is 2.49. The molecule has 1 aromatic rings. The lowest BCUT2D eigenvalue weighted by Crippen LogP contribution is -2.48. The predicted octanol–water partition coefficient (Wildman–Crippen LogP) is 6.77. The van der Waals surface area contributed by atoms with Gasteiger partial charge in [0.2, 0.25) is 0 Å². The Kier molecular flexibility index (Phi) is 7.15. The van der Waals surface area contributed by atoms with Crippen molar-refractivity contribution in [1.29, 1.82) is 0 Å². The molecule has 2 atom stereocenters.